The van der Waals surface area contributed by atoms with E-state index in [4.69, 9.17) is 9.47 Å². The number of esters is 1. The molecule has 0 aromatic heterocycles. The minimum Gasteiger partial charge on any atom is -0.497 e. The standard InChI is InChI=1S/C21H21N3O6/c1-29-17-9-7-16(8-10-17)24-12-15(11-19(24)26)21(28)30-13-18(25)22-23-20(27)14-5-3-2-4-6-14/h2-10,15H,11-13H2,1H3,(H,22,25)(H,23,27)/t15-/m0/s1. The molecule has 2 N–H and O–H groups in total. The normalized spacial score (nSPS) is 15.4. The van der Waals surface area contributed by atoms with E-state index in [9.17, 15) is 19.2 Å². The Hall–Kier alpha value is -3.88. The van der Waals surface area contributed by atoms with Crippen molar-refractivity contribution in [1.29, 1.82) is 0 Å². The van der Waals surface area contributed by atoms with Crippen molar-refractivity contribution in [2.24, 2.45) is 5.92 Å². The molecule has 0 bridgehead atoms. The van der Waals surface area contributed by atoms with Crippen LogP contribution in [0.4, 0.5) is 5.69 Å². The molecule has 9 heteroatoms. The van der Waals surface area contributed by atoms with Gasteiger partial charge in [0, 0.05) is 24.2 Å². The maximum Gasteiger partial charge on any atom is 0.311 e. The van der Waals surface area contributed by atoms with Crippen LogP contribution in [0.1, 0.15) is 16.8 Å². The zero-order chi connectivity index (χ0) is 21.5. The number of hydrazine groups is 1. The van der Waals surface area contributed by atoms with Crippen LogP contribution in [-0.2, 0) is 19.1 Å². The molecule has 0 saturated carbocycles. The van der Waals surface area contributed by atoms with Crippen molar-refractivity contribution in [3.8, 4) is 5.75 Å². The Morgan fingerprint density at radius 2 is 1.73 bits per heavy atom. The molecule has 1 aliphatic rings. The highest BCUT2D eigenvalue weighted by molar-refractivity contribution is 6.00. The van der Waals surface area contributed by atoms with E-state index in [0.29, 0.717) is 17.0 Å². The summed E-state index contributed by atoms with van der Waals surface area (Å²) in [7, 11) is 1.55. The second-order valence-corrected chi connectivity index (χ2v) is 6.58. The molecule has 1 fully saturated rings. The van der Waals surface area contributed by atoms with Gasteiger partial charge in [-0.25, -0.2) is 0 Å². The molecule has 2 aromatic carbocycles. The Labute approximate surface area is 172 Å². The highest BCUT2D eigenvalue weighted by atomic mass is 16.5. The average molecular weight is 411 g/mol. The van der Waals surface area contributed by atoms with Crippen molar-refractivity contribution >= 4 is 29.4 Å². The molecule has 9 nitrogen and oxygen atoms in total. The maximum atomic E-state index is 12.3. The van der Waals surface area contributed by atoms with Crippen LogP contribution >= 0.6 is 0 Å². The summed E-state index contributed by atoms with van der Waals surface area (Å²) in [6.45, 7) is -0.405. The smallest absolute Gasteiger partial charge is 0.311 e. The van der Waals surface area contributed by atoms with Gasteiger partial charge in [0.05, 0.1) is 13.0 Å². The molecule has 0 radical (unpaired) electrons. The first kappa shape index (κ1) is 20.8. The van der Waals surface area contributed by atoms with E-state index < -0.39 is 30.3 Å². The molecule has 1 heterocycles. The molecular formula is C21H21N3O6. The van der Waals surface area contributed by atoms with Gasteiger partial charge in [0.1, 0.15) is 5.75 Å². The van der Waals surface area contributed by atoms with Crippen LogP contribution < -0.4 is 20.5 Å². The van der Waals surface area contributed by atoms with Gasteiger partial charge in [-0.15, -0.1) is 0 Å². The number of hydrogen-bond donors (Lipinski definition) is 2. The van der Waals surface area contributed by atoms with Crippen molar-refractivity contribution < 1.29 is 28.7 Å². The van der Waals surface area contributed by atoms with E-state index >= 15 is 0 Å². The third-order valence-electron chi connectivity index (χ3n) is 4.54. The minimum atomic E-state index is -0.691. The average Bonchev–Trinajstić information content (AvgIpc) is 3.18. The molecule has 0 unspecified atom stereocenters. The van der Waals surface area contributed by atoms with Gasteiger partial charge in [-0.3, -0.25) is 30.0 Å². The molecule has 0 spiro atoms. The highest BCUT2D eigenvalue weighted by Gasteiger charge is 2.36. The Morgan fingerprint density at radius 3 is 2.40 bits per heavy atom. The summed E-state index contributed by atoms with van der Waals surface area (Å²) in [5, 5.41) is 0. The predicted molar refractivity (Wildman–Crippen MR) is 106 cm³/mol. The summed E-state index contributed by atoms with van der Waals surface area (Å²) >= 11 is 0. The van der Waals surface area contributed by atoms with Gasteiger partial charge < -0.3 is 14.4 Å². The fourth-order valence-electron chi connectivity index (χ4n) is 2.96. The van der Waals surface area contributed by atoms with Crippen LogP contribution in [0.15, 0.2) is 54.6 Å². The Bertz CT molecular complexity index is 930. The first-order valence-corrected chi connectivity index (χ1v) is 9.23. The van der Waals surface area contributed by atoms with Gasteiger partial charge in [-0.2, -0.15) is 0 Å². The van der Waals surface area contributed by atoms with Gasteiger partial charge in [0.2, 0.25) is 5.91 Å². The fraction of sp³-hybridized carbons (Fsp3) is 0.238. The van der Waals surface area contributed by atoms with E-state index in [-0.39, 0.29) is 18.9 Å². The lowest BCUT2D eigenvalue weighted by molar-refractivity contribution is -0.152. The minimum absolute atomic E-state index is 0.00275. The molecule has 2 aromatic rings. The SMILES string of the molecule is COc1ccc(N2C[C@@H](C(=O)OCC(=O)NNC(=O)c3ccccc3)CC2=O)cc1. The number of amides is 3. The van der Waals surface area contributed by atoms with E-state index in [1.54, 1.807) is 61.7 Å². The number of anilines is 1. The molecule has 30 heavy (non-hydrogen) atoms. The number of methoxy groups -OCH3 is 1. The molecule has 0 aliphatic carbocycles. The summed E-state index contributed by atoms with van der Waals surface area (Å²) in [6.07, 6.45) is -0.00275. The number of hydrogen-bond acceptors (Lipinski definition) is 6. The number of carbonyl (C=O) groups excluding carboxylic acids is 4. The third-order valence-corrected chi connectivity index (χ3v) is 4.54. The van der Waals surface area contributed by atoms with Crippen LogP contribution in [0.5, 0.6) is 5.75 Å². The van der Waals surface area contributed by atoms with Crippen molar-refractivity contribution in [1.82, 2.24) is 10.9 Å². The second-order valence-electron chi connectivity index (χ2n) is 6.58. The van der Waals surface area contributed by atoms with Crippen molar-refractivity contribution in [3.63, 3.8) is 0 Å². The van der Waals surface area contributed by atoms with Crippen molar-refractivity contribution in [2.45, 2.75) is 6.42 Å². The van der Waals surface area contributed by atoms with Gasteiger partial charge in [-0.05, 0) is 36.4 Å². The van der Waals surface area contributed by atoms with Crippen molar-refractivity contribution in [3.05, 3.63) is 60.2 Å². The first-order valence-electron chi connectivity index (χ1n) is 9.23. The van der Waals surface area contributed by atoms with Crippen LogP contribution in [0.25, 0.3) is 0 Å². The number of carbonyl (C=O) groups is 4. The first-order chi connectivity index (χ1) is 14.5. The molecule has 3 rings (SSSR count). The number of nitrogens with zero attached hydrogens (tertiary/aromatic N) is 1. The quantitative estimate of drug-likeness (QED) is 0.543. The second kappa shape index (κ2) is 9.55. The van der Waals surface area contributed by atoms with Crippen molar-refractivity contribution in [2.75, 3.05) is 25.2 Å². The Balaban J connectivity index is 1.45. The van der Waals surface area contributed by atoms with E-state index in [1.807, 2.05) is 0 Å². The van der Waals surface area contributed by atoms with E-state index in [0.717, 1.165) is 0 Å². The van der Waals surface area contributed by atoms with Gasteiger partial charge >= 0.3 is 5.97 Å². The predicted octanol–water partition coefficient (Wildman–Crippen LogP) is 1.05. The largest absolute Gasteiger partial charge is 0.497 e. The lowest BCUT2D eigenvalue weighted by Crippen LogP contribution is -2.43. The molecule has 156 valence electrons. The summed E-state index contributed by atoms with van der Waals surface area (Å²) in [5.41, 5.74) is 5.43. The third kappa shape index (κ3) is 5.13. The lowest BCUT2D eigenvalue weighted by atomic mass is 10.1. The van der Waals surface area contributed by atoms with E-state index in [1.165, 1.54) is 4.90 Å². The summed E-state index contributed by atoms with van der Waals surface area (Å²) in [5.74, 6) is -2.06. The zero-order valence-electron chi connectivity index (χ0n) is 16.3. The molecule has 3 amide bonds. The molecule has 1 atom stereocenters. The lowest BCUT2D eigenvalue weighted by Gasteiger charge is -2.17. The molecule has 1 saturated heterocycles. The van der Waals surface area contributed by atoms with Gasteiger partial charge in [0.15, 0.2) is 6.61 Å². The molecular weight excluding hydrogens is 390 g/mol. The summed E-state index contributed by atoms with van der Waals surface area (Å²) < 4.78 is 10.1. The Morgan fingerprint density at radius 1 is 1.03 bits per heavy atom. The number of rotatable bonds is 6. The maximum absolute atomic E-state index is 12.3. The van der Waals surface area contributed by atoms with Gasteiger partial charge in [0.25, 0.3) is 11.8 Å². The van der Waals surface area contributed by atoms with Crippen LogP contribution in [-0.4, -0.2) is 44.0 Å². The fourth-order valence-corrected chi connectivity index (χ4v) is 2.96. The van der Waals surface area contributed by atoms with Crippen LogP contribution in [0.2, 0.25) is 0 Å². The monoisotopic (exact) mass is 411 g/mol. The van der Waals surface area contributed by atoms with Crippen LogP contribution in [0.3, 0.4) is 0 Å². The number of benzene rings is 2. The van der Waals surface area contributed by atoms with Crippen LogP contribution in [0, 0.1) is 5.92 Å². The summed E-state index contributed by atoms with van der Waals surface area (Å²) in [4.78, 5) is 49.7. The topological polar surface area (TPSA) is 114 Å². The summed E-state index contributed by atoms with van der Waals surface area (Å²) in [6, 6.07) is 15.2. The zero-order valence-corrected chi connectivity index (χ0v) is 16.3. The molecule has 1 aliphatic heterocycles. The number of ether oxygens (including phenoxy) is 2. The van der Waals surface area contributed by atoms with E-state index in [2.05, 4.69) is 10.9 Å². The highest BCUT2D eigenvalue weighted by Crippen LogP contribution is 2.27. The van der Waals surface area contributed by atoms with Gasteiger partial charge in [-0.1, -0.05) is 18.2 Å². The number of nitrogens with one attached hydrogen (secondary N) is 2. The Kier molecular flexibility index (Phi) is 6.63.